The van der Waals surface area contributed by atoms with E-state index in [4.69, 9.17) is 27.9 Å². The Hall–Kier alpha value is -0.610. The molecule has 0 N–H and O–H groups in total. The van der Waals surface area contributed by atoms with Gasteiger partial charge < -0.3 is 4.74 Å². The molecule has 0 amide bonds. The lowest BCUT2D eigenvalue weighted by Gasteiger charge is -2.04. The summed E-state index contributed by atoms with van der Waals surface area (Å²) < 4.78 is 5.34. The lowest BCUT2D eigenvalue weighted by Crippen LogP contribution is -2.02. The summed E-state index contributed by atoms with van der Waals surface area (Å²) in [5.41, 5.74) is 0. The van der Waals surface area contributed by atoms with E-state index in [1.165, 1.54) is 25.7 Å². The Balaban J connectivity index is 2.13. The molecule has 1 aromatic rings. The molecule has 1 heterocycles. The van der Waals surface area contributed by atoms with Gasteiger partial charge in [0.15, 0.2) is 0 Å². The van der Waals surface area contributed by atoms with Crippen LogP contribution in [0.4, 0.5) is 0 Å². The van der Waals surface area contributed by atoms with E-state index in [9.17, 15) is 0 Å². The molecule has 17 heavy (non-hydrogen) atoms. The molecule has 1 aromatic heterocycles. The highest BCUT2D eigenvalue weighted by Crippen LogP contribution is 2.12. The molecule has 0 unspecified atom stereocenters. The van der Waals surface area contributed by atoms with E-state index < -0.39 is 0 Å². The van der Waals surface area contributed by atoms with Gasteiger partial charge in [-0.3, -0.25) is 0 Å². The van der Waals surface area contributed by atoms with Crippen molar-refractivity contribution in [3.8, 4) is 6.01 Å². The molecule has 1 rings (SSSR count). The SMILES string of the molecule is CCCCCCCCOc1nc(Cl)nc(Cl)n1. The number of unbranched alkanes of at least 4 members (excludes halogenated alkanes) is 5. The number of aromatic nitrogens is 3. The fourth-order valence-electron chi connectivity index (χ4n) is 1.42. The fourth-order valence-corrected chi connectivity index (χ4v) is 1.77. The van der Waals surface area contributed by atoms with Gasteiger partial charge in [0.25, 0.3) is 0 Å². The van der Waals surface area contributed by atoms with Crippen LogP contribution in [-0.2, 0) is 0 Å². The van der Waals surface area contributed by atoms with Crippen LogP contribution in [0.5, 0.6) is 6.01 Å². The molecule has 0 radical (unpaired) electrons. The van der Waals surface area contributed by atoms with Gasteiger partial charge in [-0.1, -0.05) is 39.0 Å². The Morgan fingerprint density at radius 3 is 2.12 bits per heavy atom. The molecule has 0 saturated heterocycles. The second kappa shape index (κ2) is 8.48. The minimum absolute atomic E-state index is 0.0583. The Morgan fingerprint density at radius 1 is 0.882 bits per heavy atom. The van der Waals surface area contributed by atoms with Crippen LogP contribution in [0.3, 0.4) is 0 Å². The number of ether oxygens (including phenoxy) is 1. The minimum atomic E-state index is 0.0583. The smallest absolute Gasteiger partial charge is 0.322 e. The first-order chi connectivity index (χ1) is 8.22. The minimum Gasteiger partial charge on any atom is -0.463 e. The zero-order valence-corrected chi connectivity index (χ0v) is 11.5. The maximum absolute atomic E-state index is 5.62. The molecule has 96 valence electrons. The molecule has 0 bridgehead atoms. The number of halogens is 2. The van der Waals surface area contributed by atoms with E-state index in [2.05, 4.69) is 21.9 Å². The molecule has 6 heteroatoms. The highest BCUT2D eigenvalue weighted by molar-refractivity contribution is 6.31. The van der Waals surface area contributed by atoms with E-state index in [1.807, 2.05) is 0 Å². The standard InChI is InChI=1S/C11H17Cl2N3O/c1-2-3-4-5-6-7-8-17-11-15-9(12)14-10(13)16-11/h2-8H2,1H3. The summed E-state index contributed by atoms with van der Waals surface area (Å²) in [4.78, 5) is 11.3. The van der Waals surface area contributed by atoms with Gasteiger partial charge >= 0.3 is 6.01 Å². The highest BCUT2D eigenvalue weighted by atomic mass is 35.5. The third-order valence-electron chi connectivity index (χ3n) is 2.29. The predicted molar refractivity (Wildman–Crippen MR) is 68.7 cm³/mol. The van der Waals surface area contributed by atoms with Gasteiger partial charge in [-0.05, 0) is 29.6 Å². The summed E-state index contributed by atoms with van der Waals surface area (Å²) >= 11 is 11.2. The van der Waals surface area contributed by atoms with Crippen LogP contribution in [0.25, 0.3) is 0 Å². The monoisotopic (exact) mass is 277 g/mol. The van der Waals surface area contributed by atoms with E-state index in [-0.39, 0.29) is 16.6 Å². The van der Waals surface area contributed by atoms with Gasteiger partial charge in [-0.2, -0.15) is 15.0 Å². The predicted octanol–water partition coefficient (Wildman–Crippen LogP) is 3.92. The number of nitrogens with zero attached hydrogens (tertiary/aromatic N) is 3. The molecule has 0 saturated carbocycles. The summed E-state index contributed by atoms with van der Waals surface area (Å²) in [6.07, 6.45) is 7.25. The van der Waals surface area contributed by atoms with Crippen molar-refractivity contribution in [2.24, 2.45) is 0 Å². The summed E-state index contributed by atoms with van der Waals surface area (Å²) in [6.45, 7) is 2.79. The van der Waals surface area contributed by atoms with E-state index in [1.54, 1.807) is 0 Å². The van der Waals surface area contributed by atoms with Crippen molar-refractivity contribution >= 4 is 23.2 Å². The maximum Gasteiger partial charge on any atom is 0.322 e. The second-order valence-corrected chi connectivity index (χ2v) is 4.45. The van der Waals surface area contributed by atoms with Crippen molar-refractivity contribution in [2.45, 2.75) is 45.4 Å². The van der Waals surface area contributed by atoms with Crippen molar-refractivity contribution in [1.29, 1.82) is 0 Å². The molecular weight excluding hydrogens is 261 g/mol. The first kappa shape index (κ1) is 14.5. The fraction of sp³-hybridized carbons (Fsp3) is 0.727. The molecule has 0 aliphatic carbocycles. The molecule has 0 aliphatic rings. The average molecular weight is 278 g/mol. The number of hydrogen-bond acceptors (Lipinski definition) is 4. The van der Waals surface area contributed by atoms with Crippen molar-refractivity contribution in [1.82, 2.24) is 15.0 Å². The summed E-state index contributed by atoms with van der Waals surface area (Å²) in [6, 6.07) is 0.198. The molecule has 4 nitrogen and oxygen atoms in total. The maximum atomic E-state index is 5.62. The van der Waals surface area contributed by atoms with E-state index in [0.29, 0.717) is 6.61 Å². The summed E-state index contributed by atoms with van der Waals surface area (Å²) in [5.74, 6) is 0. The first-order valence-corrected chi connectivity index (χ1v) is 6.68. The van der Waals surface area contributed by atoms with Gasteiger partial charge in [-0.15, -0.1) is 0 Å². The molecule has 0 aliphatic heterocycles. The summed E-state index contributed by atoms with van der Waals surface area (Å²) in [5, 5.41) is 0.117. The zero-order chi connectivity index (χ0) is 12.5. The van der Waals surface area contributed by atoms with Crippen molar-refractivity contribution in [3.05, 3.63) is 10.6 Å². The quantitative estimate of drug-likeness (QED) is 0.676. The van der Waals surface area contributed by atoms with Crippen LogP contribution in [0.2, 0.25) is 10.6 Å². The Morgan fingerprint density at radius 2 is 1.47 bits per heavy atom. The third-order valence-corrected chi connectivity index (χ3v) is 2.63. The highest BCUT2D eigenvalue weighted by Gasteiger charge is 2.03. The second-order valence-electron chi connectivity index (χ2n) is 3.77. The van der Waals surface area contributed by atoms with Crippen LogP contribution in [0.1, 0.15) is 45.4 Å². The van der Waals surface area contributed by atoms with Crippen LogP contribution in [-0.4, -0.2) is 21.6 Å². The topological polar surface area (TPSA) is 47.9 Å². The normalized spacial score (nSPS) is 10.5. The lowest BCUT2D eigenvalue weighted by molar-refractivity contribution is 0.280. The molecule has 0 spiro atoms. The van der Waals surface area contributed by atoms with E-state index in [0.717, 1.165) is 12.8 Å². The van der Waals surface area contributed by atoms with Crippen molar-refractivity contribution in [3.63, 3.8) is 0 Å². The van der Waals surface area contributed by atoms with Crippen LogP contribution < -0.4 is 4.74 Å². The Labute approximate surface area is 112 Å². The summed E-state index contributed by atoms with van der Waals surface area (Å²) in [7, 11) is 0. The van der Waals surface area contributed by atoms with Gasteiger partial charge in [0.2, 0.25) is 10.6 Å². The number of hydrogen-bond donors (Lipinski definition) is 0. The molecular formula is C11H17Cl2N3O. The zero-order valence-electron chi connectivity index (χ0n) is 9.96. The lowest BCUT2D eigenvalue weighted by atomic mass is 10.1. The first-order valence-electron chi connectivity index (χ1n) is 5.92. The van der Waals surface area contributed by atoms with Gasteiger partial charge in [0.1, 0.15) is 0 Å². The van der Waals surface area contributed by atoms with Gasteiger partial charge in [-0.25, -0.2) is 0 Å². The van der Waals surface area contributed by atoms with Crippen LogP contribution in [0.15, 0.2) is 0 Å². The third kappa shape index (κ3) is 6.64. The largest absolute Gasteiger partial charge is 0.463 e. The van der Waals surface area contributed by atoms with Gasteiger partial charge in [0.05, 0.1) is 6.61 Å². The number of rotatable bonds is 8. The van der Waals surface area contributed by atoms with Crippen LogP contribution in [0, 0.1) is 0 Å². The van der Waals surface area contributed by atoms with Crippen LogP contribution >= 0.6 is 23.2 Å². The Bertz CT molecular complexity index is 316. The molecule has 0 fully saturated rings. The van der Waals surface area contributed by atoms with Crippen molar-refractivity contribution in [2.75, 3.05) is 6.61 Å². The van der Waals surface area contributed by atoms with Gasteiger partial charge in [0, 0.05) is 0 Å². The Kier molecular flexibility index (Phi) is 7.21. The van der Waals surface area contributed by atoms with E-state index >= 15 is 0 Å². The molecule has 0 atom stereocenters. The van der Waals surface area contributed by atoms with Crippen molar-refractivity contribution < 1.29 is 4.74 Å². The average Bonchev–Trinajstić information content (AvgIpc) is 2.26. The molecule has 0 aromatic carbocycles.